The number of nitrogens with one attached hydrogen (secondary N) is 1. The number of quaternary nitrogens is 1. The zero-order valence-corrected chi connectivity index (χ0v) is 24.2. The lowest BCUT2D eigenvalue weighted by molar-refractivity contribution is -0.929. The lowest BCUT2D eigenvalue weighted by atomic mass is 10.0. The Hall–Kier alpha value is -4.63. The van der Waals surface area contributed by atoms with Crippen molar-refractivity contribution in [3.63, 3.8) is 0 Å². The van der Waals surface area contributed by atoms with Gasteiger partial charge in [0.15, 0.2) is 0 Å². The molecule has 1 fully saturated rings. The predicted molar refractivity (Wildman–Crippen MR) is 155 cm³/mol. The summed E-state index contributed by atoms with van der Waals surface area (Å²) in [4.78, 5) is 27.9. The number of aromatic nitrogens is 4. The molecule has 9 nitrogen and oxygen atoms in total. The molecule has 0 radical (unpaired) electrons. The molecule has 4 aromatic rings. The Labute approximate surface area is 247 Å². The van der Waals surface area contributed by atoms with E-state index in [9.17, 15) is 28.0 Å². The SMILES string of the molecule is CC[N+]1(CC)CCC(NC(=O)n2c(-c3ccnn3-c3ccc(C#N)cc3)c(C)n(-c3cccc(C(F)(F)F)c3)c2=O)CC1. The van der Waals surface area contributed by atoms with Crippen molar-refractivity contribution in [1.29, 1.82) is 5.26 Å². The maximum absolute atomic E-state index is 14.0. The van der Waals surface area contributed by atoms with Crippen LogP contribution in [0.3, 0.4) is 0 Å². The van der Waals surface area contributed by atoms with E-state index in [1.54, 1.807) is 37.3 Å². The van der Waals surface area contributed by atoms with Crippen LogP contribution in [0.4, 0.5) is 18.0 Å². The van der Waals surface area contributed by atoms with Crippen molar-refractivity contribution in [3.8, 4) is 28.8 Å². The van der Waals surface area contributed by atoms with E-state index in [0.29, 0.717) is 16.9 Å². The first-order valence-electron chi connectivity index (χ1n) is 14.2. The molecule has 1 N–H and O–H groups in total. The van der Waals surface area contributed by atoms with Crippen LogP contribution >= 0.6 is 0 Å². The normalized spacial score (nSPS) is 15.3. The van der Waals surface area contributed by atoms with Gasteiger partial charge in [0.1, 0.15) is 5.69 Å². The van der Waals surface area contributed by atoms with Gasteiger partial charge < -0.3 is 9.80 Å². The van der Waals surface area contributed by atoms with Crippen LogP contribution in [0.1, 0.15) is 43.5 Å². The molecular formula is C31H33F3N7O2+. The van der Waals surface area contributed by atoms with E-state index < -0.39 is 23.5 Å². The Morgan fingerprint density at radius 3 is 2.35 bits per heavy atom. The molecule has 0 saturated carbocycles. The fourth-order valence-corrected chi connectivity index (χ4v) is 5.94. The van der Waals surface area contributed by atoms with Gasteiger partial charge in [0.25, 0.3) is 0 Å². The molecule has 0 bridgehead atoms. The molecule has 3 heterocycles. The Kier molecular flexibility index (Phi) is 8.03. The molecule has 43 heavy (non-hydrogen) atoms. The number of alkyl halides is 3. The molecule has 0 aliphatic carbocycles. The van der Waals surface area contributed by atoms with Crippen molar-refractivity contribution in [2.75, 3.05) is 26.2 Å². The zero-order chi connectivity index (χ0) is 30.9. The molecule has 1 aliphatic rings. The van der Waals surface area contributed by atoms with Crippen molar-refractivity contribution in [3.05, 3.63) is 88.1 Å². The lowest BCUT2D eigenvalue weighted by Gasteiger charge is -2.42. The summed E-state index contributed by atoms with van der Waals surface area (Å²) in [7, 11) is 0. The van der Waals surface area contributed by atoms with Crippen LogP contribution in [0.5, 0.6) is 0 Å². The monoisotopic (exact) mass is 592 g/mol. The molecule has 224 valence electrons. The highest BCUT2D eigenvalue weighted by Gasteiger charge is 2.34. The predicted octanol–water partition coefficient (Wildman–Crippen LogP) is 5.27. The number of imidazole rings is 1. The van der Waals surface area contributed by atoms with Gasteiger partial charge in [-0.1, -0.05) is 6.07 Å². The fraction of sp³-hybridized carbons (Fsp3) is 0.355. The van der Waals surface area contributed by atoms with Crippen LogP contribution in [0.25, 0.3) is 22.8 Å². The summed E-state index contributed by atoms with van der Waals surface area (Å²) >= 11 is 0. The third-order valence-electron chi connectivity index (χ3n) is 8.62. The van der Waals surface area contributed by atoms with Gasteiger partial charge in [0.2, 0.25) is 0 Å². The lowest BCUT2D eigenvalue weighted by Crippen LogP contribution is -2.57. The molecule has 12 heteroatoms. The second kappa shape index (κ2) is 11.6. The third-order valence-corrected chi connectivity index (χ3v) is 8.62. The molecule has 2 aromatic carbocycles. The minimum atomic E-state index is -4.61. The highest BCUT2D eigenvalue weighted by atomic mass is 19.4. The van der Waals surface area contributed by atoms with Gasteiger partial charge in [-0.05, 0) is 69.3 Å². The van der Waals surface area contributed by atoms with E-state index in [-0.39, 0.29) is 23.1 Å². The van der Waals surface area contributed by atoms with Crippen molar-refractivity contribution in [1.82, 2.24) is 24.2 Å². The first kappa shape index (κ1) is 29.8. The molecule has 1 saturated heterocycles. The van der Waals surface area contributed by atoms with Crippen molar-refractivity contribution >= 4 is 6.03 Å². The third kappa shape index (κ3) is 5.60. The zero-order valence-electron chi connectivity index (χ0n) is 24.2. The van der Waals surface area contributed by atoms with Gasteiger partial charge in [-0.25, -0.2) is 18.8 Å². The minimum Gasteiger partial charge on any atom is -0.334 e. The van der Waals surface area contributed by atoms with E-state index in [2.05, 4.69) is 30.3 Å². The van der Waals surface area contributed by atoms with E-state index >= 15 is 0 Å². The standard InChI is InChI=1S/C31H32F3N7O2/c1-4-41(5-2)17-14-24(15-18-41)37-29(42)39-28(27-13-16-36-40(27)25-11-9-22(20-35)10-12-25)21(3)38(30(39)43)26-8-6-7-23(19-26)31(32,33)34/h6-13,16,19,24H,4-5,14-15,17-18H2,1-3H3/p+1. The van der Waals surface area contributed by atoms with Crippen LogP contribution in [-0.2, 0) is 6.18 Å². The maximum Gasteiger partial charge on any atom is 0.416 e. The van der Waals surface area contributed by atoms with Crippen molar-refractivity contribution in [2.45, 2.75) is 45.8 Å². The summed E-state index contributed by atoms with van der Waals surface area (Å²) in [5.41, 5.74) is 0.160. The van der Waals surface area contributed by atoms with Gasteiger partial charge in [-0.3, -0.25) is 4.57 Å². The Morgan fingerprint density at radius 1 is 1.07 bits per heavy atom. The first-order valence-corrected chi connectivity index (χ1v) is 14.2. The fourth-order valence-electron chi connectivity index (χ4n) is 5.94. The molecule has 1 amide bonds. The number of carbonyl (C=O) groups is 1. The molecule has 0 atom stereocenters. The molecule has 0 unspecified atom stereocenters. The van der Waals surface area contributed by atoms with E-state index in [0.717, 1.165) is 64.8 Å². The molecule has 1 aliphatic heterocycles. The smallest absolute Gasteiger partial charge is 0.334 e. The second-order valence-electron chi connectivity index (χ2n) is 10.9. The summed E-state index contributed by atoms with van der Waals surface area (Å²) in [6.45, 7) is 9.70. The highest BCUT2D eigenvalue weighted by Crippen LogP contribution is 2.32. The average Bonchev–Trinajstić information content (AvgIpc) is 3.59. The molecular weight excluding hydrogens is 559 g/mol. The number of hydrogen-bond donors (Lipinski definition) is 1. The van der Waals surface area contributed by atoms with E-state index in [1.807, 2.05) is 0 Å². The van der Waals surface area contributed by atoms with E-state index in [4.69, 9.17) is 0 Å². The number of nitrogens with zero attached hydrogens (tertiary/aromatic N) is 6. The molecule has 0 spiro atoms. The van der Waals surface area contributed by atoms with Crippen LogP contribution in [0.2, 0.25) is 0 Å². The number of piperidine rings is 1. The van der Waals surface area contributed by atoms with Crippen LogP contribution in [0, 0.1) is 18.3 Å². The number of benzene rings is 2. The highest BCUT2D eigenvalue weighted by molar-refractivity contribution is 5.83. The summed E-state index contributed by atoms with van der Waals surface area (Å²) in [5, 5.41) is 16.6. The number of halogens is 3. The summed E-state index contributed by atoms with van der Waals surface area (Å²) in [6, 6.07) is 14.0. The molecule has 2 aromatic heterocycles. The van der Waals surface area contributed by atoms with Crippen molar-refractivity contribution in [2.24, 2.45) is 0 Å². The maximum atomic E-state index is 14.0. The van der Waals surface area contributed by atoms with Crippen LogP contribution < -0.4 is 11.0 Å². The van der Waals surface area contributed by atoms with Crippen LogP contribution in [0.15, 0.2) is 65.6 Å². The quantitative estimate of drug-likeness (QED) is 0.309. The minimum absolute atomic E-state index is 0.0137. The number of hydrogen-bond acceptors (Lipinski definition) is 4. The number of rotatable bonds is 6. The summed E-state index contributed by atoms with van der Waals surface area (Å²) in [6.07, 6.45) is -1.62. The number of likely N-dealkylation sites (tertiary alicyclic amines) is 1. The number of carbonyl (C=O) groups excluding carboxylic acids is 1. The summed E-state index contributed by atoms with van der Waals surface area (Å²) in [5.74, 6) is 0. The van der Waals surface area contributed by atoms with Crippen molar-refractivity contribution < 1.29 is 22.4 Å². The second-order valence-corrected chi connectivity index (χ2v) is 10.9. The van der Waals surface area contributed by atoms with Gasteiger partial charge in [0, 0.05) is 18.9 Å². The van der Waals surface area contributed by atoms with Gasteiger partial charge >= 0.3 is 17.9 Å². The Balaban J connectivity index is 1.62. The Bertz CT molecular complexity index is 1730. The number of nitriles is 1. The van der Waals surface area contributed by atoms with E-state index in [1.165, 1.54) is 23.0 Å². The topological polar surface area (TPSA) is 97.6 Å². The summed E-state index contributed by atoms with van der Waals surface area (Å²) < 4.78 is 45.4. The largest absolute Gasteiger partial charge is 0.416 e. The van der Waals surface area contributed by atoms with Gasteiger partial charge in [0.05, 0.1) is 72.3 Å². The average molecular weight is 593 g/mol. The van der Waals surface area contributed by atoms with Gasteiger partial charge in [-0.2, -0.15) is 23.5 Å². The van der Waals surface area contributed by atoms with Crippen LogP contribution in [-0.4, -0.2) is 61.6 Å². The van der Waals surface area contributed by atoms with Gasteiger partial charge in [-0.15, -0.1) is 0 Å². The first-order chi connectivity index (χ1) is 20.5. The Morgan fingerprint density at radius 2 is 1.74 bits per heavy atom. The number of amides is 1. The molecule has 5 rings (SSSR count).